The van der Waals surface area contributed by atoms with E-state index in [0.717, 1.165) is 28.1 Å². The smallest absolute Gasteiger partial charge is 0.123 e. The Labute approximate surface area is 132 Å². The lowest BCUT2D eigenvalue weighted by atomic mass is 10.2. The lowest BCUT2D eigenvalue weighted by molar-refractivity contribution is 0.626. The fraction of sp³-hybridized carbons (Fsp3) is 0.188. The van der Waals surface area contributed by atoms with Crippen molar-refractivity contribution in [1.82, 2.24) is 9.55 Å². The normalized spacial score (nSPS) is 11.2. The third-order valence-corrected chi connectivity index (χ3v) is 3.83. The highest BCUT2D eigenvalue weighted by molar-refractivity contribution is 6.31. The van der Waals surface area contributed by atoms with E-state index in [1.54, 1.807) is 6.07 Å². The molecule has 1 aromatic heterocycles. The van der Waals surface area contributed by atoms with E-state index in [4.69, 9.17) is 23.2 Å². The molecule has 2 nitrogen and oxygen atoms in total. The first kappa shape index (κ1) is 14.4. The minimum absolute atomic E-state index is 0.248. The number of benzene rings is 2. The molecule has 0 radical (unpaired) electrons. The van der Waals surface area contributed by atoms with E-state index in [1.807, 2.05) is 29.7 Å². The van der Waals surface area contributed by atoms with Crippen molar-refractivity contribution in [1.29, 1.82) is 0 Å². The Bertz CT molecular complexity index is 811. The molecule has 3 aromatic rings. The number of alkyl halides is 1. The zero-order valence-corrected chi connectivity index (χ0v) is 12.9. The molecule has 3 rings (SSSR count). The van der Waals surface area contributed by atoms with Crippen LogP contribution in [-0.4, -0.2) is 15.4 Å². The topological polar surface area (TPSA) is 17.8 Å². The Morgan fingerprint density at radius 3 is 2.71 bits per heavy atom. The van der Waals surface area contributed by atoms with Gasteiger partial charge in [0.25, 0.3) is 0 Å². The predicted molar refractivity (Wildman–Crippen MR) is 85.2 cm³/mol. The van der Waals surface area contributed by atoms with Gasteiger partial charge in [0.15, 0.2) is 0 Å². The minimum Gasteiger partial charge on any atom is -0.296 e. The van der Waals surface area contributed by atoms with Crippen LogP contribution in [0.3, 0.4) is 0 Å². The number of hydrogen-bond acceptors (Lipinski definition) is 1. The van der Waals surface area contributed by atoms with Gasteiger partial charge in [-0.25, -0.2) is 9.37 Å². The maximum absolute atomic E-state index is 13.3. The van der Waals surface area contributed by atoms with Crippen LogP contribution in [0.1, 0.15) is 11.4 Å². The summed E-state index contributed by atoms with van der Waals surface area (Å²) < 4.78 is 15.4. The average Bonchev–Trinajstić information content (AvgIpc) is 2.76. The molecule has 0 N–H and O–H groups in total. The van der Waals surface area contributed by atoms with Gasteiger partial charge in [-0.3, -0.25) is 4.57 Å². The third kappa shape index (κ3) is 2.63. The highest BCUT2D eigenvalue weighted by atomic mass is 35.5. The van der Waals surface area contributed by atoms with Crippen molar-refractivity contribution >= 4 is 34.2 Å². The molecule has 5 heteroatoms. The van der Waals surface area contributed by atoms with Gasteiger partial charge < -0.3 is 0 Å². The van der Waals surface area contributed by atoms with Gasteiger partial charge in [-0.05, 0) is 48.9 Å². The maximum atomic E-state index is 13.3. The molecular weight excluding hydrogens is 310 g/mol. The largest absolute Gasteiger partial charge is 0.296 e. The summed E-state index contributed by atoms with van der Waals surface area (Å²) in [6.07, 6.45) is 0.630. The zero-order chi connectivity index (χ0) is 15.0. The van der Waals surface area contributed by atoms with Crippen molar-refractivity contribution < 1.29 is 4.39 Å². The van der Waals surface area contributed by atoms with Crippen LogP contribution in [0.2, 0.25) is 5.02 Å². The van der Waals surface area contributed by atoms with Gasteiger partial charge in [0.2, 0.25) is 0 Å². The number of nitrogens with zero attached hydrogens (tertiary/aromatic N) is 2. The summed E-state index contributed by atoms with van der Waals surface area (Å²) in [5.41, 5.74) is 3.50. The van der Waals surface area contributed by atoms with Gasteiger partial charge in [0.1, 0.15) is 11.6 Å². The first-order valence-corrected chi connectivity index (χ1v) is 7.51. The summed E-state index contributed by atoms with van der Waals surface area (Å²) in [5, 5.41) is 0.639. The first-order valence-electron chi connectivity index (χ1n) is 6.59. The molecule has 2 aromatic carbocycles. The fourth-order valence-electron chi connectivity index (χ4n) is 2.49. The number of imidazole rings is 1. The van der Waals surface area contributed by atoms with Gasteiger partial charge in [0.05, 0.1) is 16.7 Å². The molecule has 0 saturated carbocycles. The van der Waals surface area contributed by atoms with Crippen LogP contribution < -0.4 is 0 Å². The van der Waals surface area contributed by atoms with E-state index >= 15 is 0 Å². The van der Waals surface area contributed by atoms with Crippen LogP contribution in [0.25, 0.3) is 16.7 Å². The summed E-state index contributed by atoms with van der Waals surface area (Å²) in [6.45, 7) is 1.88. The molecule has 21 heavy (non-hydrogen) atoms. The third-order valence-electron chi connectivity index (χ3n) is 3.40. The van der Waals surface area contributed by atoms with E-state index in [-0.39, 0.29) is 5.82 Å². The molecule has 0 bridgehead atoms. The quantitative estimate of drug-likeness (QED) is 0.626. The van der Waals surface area contributed by atoms with Crippen molar-refractivity contribution in [3.05, 3.63) is 58.6 Å². The summed E-state index contributed by atoms with van der Waals surface area (Å²) in [4.78, 5) is 4.60. The monoisotopic (exact) mass is 322 g/mol. The van der Waals surface area contributed by atoms with E-state index in [1.165, 1.54) is 12.1 Å². The number of rotatable bonds is 3. The van der Waals surface area contributed by atoms with E-state index in [9.17, 15) is 4.39 Å². The lowest BCUT2D eigenvalue weighted by Gasteiger charge is -2.11. The van der Waals surface area contributed by atoms with Gasteiger partial charge in [-0.1, -0.05) is 11.6 Å². The maximum Gasteiger partial charge on any atom is 0.123 e. The summed E-state index contributed by atoms with van der Waals surface area (Å²) in [5.74, 6) is 1.07. The minimum atomic E-state index is -0.248. The highest BCUT2D eigenvalue weighted by Gasteiger charge is 2.14. The van der Waals surface area contributed by atoms with Gasteiger partial charge in [-0.15, -0.1) is 11.6 Å². The molecule has 0 aliphatic carbocycles. The van der Waals surface area contributed by atoms with Crippen LogP contribution in [0, 0.1) is 12.7 Å². The molecule has 0 amide bonds. The number of fused-ring (bicyclic) bond motifs is 1. The number of halogens is 3. The van der Waals surface area contributed by atoms with Gasteiger partial charge in [-0.2, -0.15) is 0 Å². The Morgan fingerprint density at radius 2 is 2.00 bits per heavy atom. The summed E-state index contributed by atoms with van der Waals surface area (Å²) in [6, 6.07) is 10.3. The second-order valence-corrected chi connectivity index (χ2v) is 5.68. The van der Waals surface area contributed by atoms with Crippen molar-refractivity contribution in [3.63, 3.8) is 0 Å². The molecule has 0 aliphatic rings. The molecule has 0 fully saturated rings. The fourth-order valence-corrected chi connectivity index (χ4v) is 2.83. The molecule has 0 spiro atoms. The van der Waals surface area contributed by atoms with Crippen LogP contribution in [0.15, 0.2) is 36.4 Å². The Balaban J connectivity index is 2.30. The molecular formula is C16H13Cl2FN2. The Kier molecular flexibility index (Phi) is 3.87. The van der Waals surface area contributed by atoms with Gasteiger partial charge >= 0.3 is 0 Å². The highest BCUT2D eigenvalue weighted by Crippen LogP contribution is 2.26. The lowest BCUT2D eigenvalue weighted by Crippen LogP contribution is -2.04. The molecule has 108 valence electrons. The zero-order valence-electron chi connectivity index (χ0n) is 11.4. The number of aromatic nitrogens is 2. The van der Waals surface area contributed by atoms with E-state index in [2.05, 4.69) is 4.98 Å². The average molecular weight is 323 g/mol. The SMILES string of the molecule is Cc1cc(F)ccc1-n1c(CCCl)nc2cc(Cl)ccc21. The molecule has 0 aliphatic heterocycles. The van der Waals surface area contributed by atoms with Crippen molar-refractivity contribution in [2.75, 3.05) is 5.88 Å². The molecule has 0 unspecified atom stereocenters. The van der Waals surface area contributed by atoms with Crippen LogP contribution >= 0.6 is 23.2 Å². The number of hydrogen-bond donors (Lipinski definition) is 0. The van der Waals surface area contributed by atoms with Gasteiger partial charge in [0, 0.05) is 17.3 Å². The summed E-state index contributed by atoms with van der Waals surface area (Å²) in [7, 11) is 0. The number of aryl methyl sites for hydroxylation is 2. The standard InChI is InChI=1S/C16H13Cl2FN2/c1-10-8-12(19)3-5-14(10)21-15-4-2-11(18)9-13(15)20-16(21)6-7-17/h2-5,8-9H,6-7H2,1H3. The molecule has 0 atom stereocenters. The molecule has 1 heterocycles. The van der Waals surface area contributed by atoms with Crippen LogP contribution in [-0.2, 0) is 6.42 Å². The van der Waals surface area contributed by atoms with Crippen molar-refractivity contribution in [2.45, 2.75) is 13.3 Å². The van der Waals surface area contributed by atoms with Crippen molar-refractivity contribution in [2.24, 2.45) is 0 Å². The Morgan fingerprint density at radius 1 is 1.19 bits per heavy atom. The molecule has 0 saturated heterocycles. The first-order chi connectivity index (χ1) is 10.1. The van der Waals surface area contributed by atoms with Crippen LogP contribution in [0.5, 0.6) is 0 Å². The second kappa shape index (κ2) is 5.66. The van der Waals surface area contributed by atoms with Crippen LogP contribution in [0.4, 0.5) is 4.39 Å². The Hall–Kier alpha value is -1.58. The summed E-state index contributed by atoms with van der Waals surface area (Å²) >= 11 is 11.9. The predicted octanol–water partition coefficient (Wildman–Crippen LogP) is 4.91. The van der Waals surface area contributed by atoms with E-state index < -0.39 is 0 Å². The second-order valence-electron chi connectivity index (χ2n) is 4.87. The van der Waals surface area contributed by atoms with E-state index in [0.29, 0.717) is 17.3 Å². The van der Waals surface area contributed by atoms with Crippen molar-refractivity contribution in [3.8, 4) is 5.69 Å².